The van der Waals surface area contributed by atoms with Crippen LogP contribution in [0.2, 0.25) is 0 Å². The van der Waals surface area contributed by atoms with Gasteiger partial charge in [0.05, 0.1) is 5.92 Å². The van der Waals surface area contributed by atoms with Crippen LogP contribution >= 0.6 is 0 Å². The molecule has 1 N–H and O–H groups in total. The maximum atomic E-state index is 11.1. The molecule has 0 unspecified atom stereocenters. The van der Waals surface area contributed by atoms with Crippen LogP contribution in [0.4, 0.5) is 0 Å². The number of aliphatic carboxylic acids is 1. The van der Waals surface area contributed by atoms with Crippen molar-refractivity contribution in [3.8, 4) is 0 Å². The van der Waals surface area contributed by atoms with Crippen molar-refractivity contribution in [2.75, 3.05) is 6.54 Å². The number of likely N-dealkylation sites (tertiary alicyclic amines) is 1. The normalized spacial score (nSPS) is 23.8. The minimum Gasteiger partial charge on any atom is -0.481 e. The van der Waals surface area contributed by atoms with E-state index in [1.165, 1.54) is 5.56 Å². The van der Waals surface area contributed by atoms with E-state index < -0.39 is 5.97 Å². The van der Waals surface area contributed by atoms with E-state index in [0.717, 1.165) is 13.0 Å². The summed E-state index contributed by atoms with van der Waals surface area (Å²) >= 11 is 0. The van der Waals surface area contributed by atoms with Gasteiger partial charge in [-0.15, -0.1) is 0 Å². The second-order valence-corrected chi connectivity index (χ2v) is 5.42. The Morgan fingerprint density at radius 3 is 2.59 bits per heavy atom. The van der Waals surface area contributed by atoms with Crippen LogP contribution < -0.4 is 0 Å². The zero-order valence-electron chi connectivity index (χ0n) is 10.4. The fourth-order valence-electron chi connectivity index (χ4n) is 2.56. The Balaban J connectivity index is 2.09. The van der Waals surface area contributed by atoms with E-state index in [-0.39, 0.29) is 11.5 Å². The first-order chi connectivity index (χ1) is 7.99. The number of benzene rings is 1. The summed E-state index contributed by atoms with van der Waals surface area (Å²) in [4.78, 5) is 13.3. The lowest BCUT2D eigenvalue weighted by molar-refractivity contribution is -0.141. The molecule has 1 aliphatic rings. The molecule has 1 saturated heterocycles. The summed E-state index contributed by atoms with van der Waals surface area (Å²) in [7, 11) is 0. The van der Waals surface area contributed by atoms with E-state index in [1.54, 1.807) is 0 Å². The van der Waals surface area contributed by atoms with Crippen molar-refractivity contribution < 1.29 is 9.90 Å². The Kier molecular flexibility index (Phi) is 3.20. The first-order valence-electron chi connectivity index (χ1n) is 6.01. The van der Waals surface area contributed by atoms with Gasteiger partial charge in [0.1, 0.15) is 0 Å². The Hall–Kier alpha value is -1.35. The number of hydrogen-bond donors (Lipinski definition) is 1. The van der Waals surface area contributed by atoms with E-state index in [2.05, 4.69) is 30.9 Å². The predicted octanol–water partition coefficient (Wildman–Crippen LogP) is 2.37. The minimum absolute atomic E-state index is 0.0289. The SMILES string of the molecule is CC1(C)C[C@@H](C(=O)O)CN1Cc1ccccc1. The van der Waals surface area contributed by atoms with Gasteiger partial charge < -0.3 is 5.11 Å². The van der Waals surface area contributed by atoms with Gasteiger partial charge in [0, 0.05) is 18.6 Å². The topological polar surface area (TPSA) is 40.5 Å². The molecule has 1 heterocycles. The van der Waals surface area contributed by atoms with E-state index in [0.29, 0.717) is 6.54 Å². The summed E-state index contributed by atoms with van der Waals surface area (Å²) < 4.78 is 0. The summed E-state index contributed by atoms with van der Waals surface area (Å²) in [5.74, 6) is -0.901. The third-order valence-electron chi connectivity index (χ3n) is 3.61. The Bertz CT molecular complexity index is 400. The van der Waals surface area contributed by atoms with Crippen LogP contribution in [-0.4, -0.2) is 28.1 Å². The van der Waals surface area contributed by atoms with E-state index >= 15 is 0 Å². The molecule has 0 aromatic heterocycles. The Morgan fingerprint density at radius 2 is 2.06 bits per heavy atom. The highest BCUT2D eigenvalue weighted by Crippen LogP contribution is 2.33. The molecule has 0 amide bonds. The molecule has 2 rings (SSSR count). The third kappa shape index (κ3) is 2.67. The van der Waals surface area contributed by atoms with Crippen LogP contribution in [0.1, 0.15) is 25.8 Å². The molecule has 1 aromatic rings. The van der Waals surface area contributed by atoms with Gasteiger partial charge in [-0.05, 0) is 25.8 Å². The van der Waals surface area contributed by atoms with Crippen molar-refractivity contribution in [1.82, 2.24) is 4.90 Å². The van der Waals surface area contributed by atoms with Gasteiger partial charge in [0.25, 0.3) is 0 Å². The van der Waals surface area contributed by atoms with E-state index in [4.69, 9.17) is 5.11 Å². The molecule has 1 aliphatic heterocycles. The van der Waals surface area contributed by atoms with Crippen LogP contribution in [0.25, 0.3) is 0 Å². The molecule has 1 aromatic carbocycles. The van der Waals surface area contributed by atoms with Crippen molar-refractivity contribution in [3.63, 3.8) is 0 Å². The Labute approximate surface area is 102 Å². The summed E-state index contributed by atoms with van der Waals surface area (Å²) in [6, 6.07) is 10.2. The van der Waals surface area contributed by atoms with Crippen molar-refractivity contribution in [2.24, 2.45) is 5.92 Å². The minimum atomic E-state index is -0.673. The van der Waals surface area contributed by atoms with Crippen LogP contribution in [0.5, 0.6) is 0 Å². The zero-order chi connectivity index (χ0) is 12.5. The molecular weight excluding hydrogens is 214 g/mol. The van der Waals surface area contributed by atoms with Gasteiger partial charge in [-0.25, -0.2) is 0 Å². The van der Waals surface area contributed by atoms with Gasteiger partial charge >= 0.3 is 5.97 Å². The molecule has 1 atom stereocenters. The van der Waals surface area contributed by atoms with Gasteiger partial charge in [-0.1, -0.05) is 30.3 Å². The summed E-state index contributed by atoms with van der Waals surface area (Å²) in [6.45, 7) is 5.73. The average molecular weight is 233 g/mol. The molecule has 0 bridgehead atoms. The molecule has 1 fully saturated rings. The molecular formula is C14H19NO2. The van der Waals surface area contributed by atoms with Crippen molar-refractivity contribution in [2.45, 2.75) is 32.4 Å². The fraction of sp³-hybridized carbons (Fsp3) is 0.500. The monoisotopic (exact) mass is 233 g/mol. The molecule has 17 heavy (non-hydrogen) atoms. The lowest BCUT2D eigenvalue weighted by Gasteiger charge is -2.31. The largest absolute Gasteiger partial charge is 0.481 e. The van der Waals surface area contributed by atoms with Crippen molar-refractivity contribution in [3.05, 3.63) is 35.9 Å². The van der Waals surface area contributed by atoms with Gasteiger partial charge in [0.2, 0.25) is 0 Å². The molecule has 0 spiro atoms. The van der Waals surface area contributed by atoms with Crippen LogP contribution in [-0.2, 0) is 11.3 Å². The second-order valence-electron chi connectivity index (χ2n) is 5.42. The fourth-order valence-corrected chi connectivity index (χ4v) is 2.56. The highest BCUT2D eigenvalue weighted by Gasteiger charge is 2.41. The molecule has 92 valence electrons. The number of rotatable bonds is 3. The zero-order valence-corrected chi connectivity index (χ0v) is 10.4. The van der Waals surface area contributed by atoms with E-state index in [1.807, 2.05) is 18.2 Å². The molecule has 0 saturated carbocycles. The lowest BCUT2D eigenvalue weighted by Crippen LogP contribution is -2.37. The van der Waals surface area contributed by atoms with Gasteiger partial charge in [-0.2, -0.15) is 0 Å². The summed E-state index contributed by atoms with van der Waals surface area (Å²) in [5, 5.41) is 9.10. The number of nitrogens with zero attached hydrogens (tertiary/aromatic N) is 1. The summed E-state index contributed by atoms with van der Waals surface area (Å²) in [6.07, 6.45) is 0.731. The molecule has 3 nitrogen and oxygen atoms in total. The third-order valence-corrected chi connectivity index (χ3v) is 3.61. The predicted molar refractivity (Wildman–Crippen MR) is 66.7 cm³/mol. The van der Waals surface area contributed by atoms with Crippen molar-refractivity contribution in [1.29, 1.82) is 0 Å². The maximum Gasteiger partial charge on any atom is 0.307 e. The first-order valence-corrected chi connectivity index (χ1v) is 6.01. The van der Waals surface area contributed by atoms with Crippen LogP contribution in [0.3, 0.4) is 0 Å². The number of carboxylic acids is 1. The smallest absolute Gasteiger partial charge is 0.307 e. The van der Waals surface area contributed by atoms with E-state index in [9.17, 15) is 4.79 Å². The molecule has 0 radical (unpaired) electrons. The standard InChI is InChI=1S/C14H19NO2/c1-14(2)8-12(13(16)17)10-15(14)9-11-6-4-3-5-7-11/h3-7,12H,8-10H2,1-2H3,(H,16,17)/t12-/m1/s1. The lowest BCUT2D eigenvalue weighted by atomic mass is 9.96. The molecule has 3 heteroatoms. The highest BCUT2D eigenvalue weighted by molar-refractivity contribution is 5.71. The number of carboxylic acid groups (broad SMARTS) is 1. The maximum absolute atomic E-state index is 11.1. The van der Waals surface area contributed by atoms with Crippen LogP contribution in [0.15, 0.2) is 30.3 Å². The van der Waals surface area contributed by atoms with Gasteiger partial charge in [0.15, 0.2) is 0 Å². The second kappa shape index (κ2) is 4.49. The van der Waals surface area contributed by atoms with Crippen molar-refractivity contribution >= 4 is 5.97 Å². The average Bonchev–Trinajstić information content (AvgIpc) is 2.56. The first kappa shape index (κ1) is 12.1. The quantitative estimate of drug-likeness (QED) is 0.871. The highest BCUT2D eigenvalue weighted by atomic mass is 16.4. The van der Waals surface area contributed by atoms with Crippen LogP contribution in [0, 0.1) is 5.92 Å². The Morgan fingerprint density at radius 1 is 1.41 bits per heavy atom. The number of carbonyl (C=O) groups is 1. The number of hydrogen-bond acceptors (Lipinski definition) is 2. The summed E-state index contributed by atoms with van der Waals surface area (Å²) in [5.41, 5.74) is 1.21. The van der Waals surface area contributed by atoms with Gasteiger partial charge in [-0.3, -0.25) is 9.69 Å². The molecule has 0 aliphatic carbocycles.